The van der Waals surface area contributed by atoms with Gasteiger partial charge in [0.2, 0.25) is 0 Å². The van der Waals surface area contributed by atoms with Crippen LogP contribution in [0.15, 0.2) is 34.1 Å². The molecular formula is C24H30O4. The highest BCUT2D eigenvalue weighted by atomic mass is 16.6. The zero-order chi connectivity index (χ0) is 19.5. The third-order valence-corrected chi connectivity index (χ3v) is 7.77. The molecule has 2 aliphatic heterocycles. The smallest absolute Gasteiger partial charge is 0.340 e. The molecule has 28 heavy (non-hydrogen) atoms. The minimum absolute atomic E-state index is 0.0155. The fourth-order valence-corrected chi connectivity index (χ4v) is 6.82. The zero-order valence-electron chi connectivity index (χ0n) is 17.1. The van der Waals surface area contributed by atoms with Crippen LogP contribution >= 0.6 is 0 Å². The van der Waals surface area contributed by atoms with Crippen LogP contribution in [0.2, 0.25) is 0 Å². The van der Waals surface area contributed by atoms with E-state index in [1.165, 1.54) is 5.57 Å². The molecule has 4 heteroatoms. The van der Waals surface area contributed by atoms with Crippen LogP contribution < -0.4 is 0 Å². The standard InChI is InChI=1S/C24H30O4/c1-3-5-10-18-16-11-13-23(12-4-2)14-24(20(23)19(16)22(26)27-18)17-9-7-6-8-15(17)21(25)28-24/h10,20H,3-9,11-14H2,1-2H3/b18-10-/t20-,23?,24-/m1/s1. The van der Waals surface area contributed by atoms with Crippen molar-refractivity contribution in [1.29, 1.82) is 0 Å². The van der Waals surface area contributed by atoms with Gasteiger partial charge in [-0.2, -0.15) is 0 Å². The summed E-state index contributed by atoms with van der Waals surface area (Å²) in [5, 5.41) is 0. The average Bonchev–Trinajstić information content (AvgIpc) is 3.15. The summed E-state index contributed by atoms with van der Waals surface area (Å²) in [6.07, 6.45) is 13.0. The van der Waals surface area contributed by atoms with Gasteiger partial charge in [-0.25, -0.2) is 9.59 Å². The highest BCUT2D eigenvalue weighted by molar-refractivity contribution is 5.98. The molecule has 3 aliphatic carbocycles. The molecule has 0 aromatic carbocycles. The number of esters is 2. The lowest BCUT2D eigenvalue weighted by atomic mass is 9.42. The van der Waals surface area contributed by atoms with Gasteiger partial charge in [0.1, 0.15) is 11.4 Å². The molecular weight excluding hydrogens is 352 g/mol. The number of carbonyl (C=O) groups is 2. The summed E-state index contributed by atoms with van der Waals surface area (Å²) in [5.41, 5.74) is 3.57. The second-order valence-electron chi connectivity index (χ2n) is 9.30. The minimum Gasteiger partial charge on any atom is -0.450 e. The Bertz CT molecular complexity index is 845. The topological polar surface area (TPSA) is 52.6 Å². The fraction of sp³-hybridized carbons (Fsp3) is 0.667. The summed E-state index contributed by atoms with van der Waals surface area (Å²) in [4.78, 5) is 25.7. The van der Waals surface area contributed by atoms with Gasteiger partial charge in [0.05, 0.1) is 5.57 Å². The van der Waals surface area contributed by atoms with Crippen LogP contribution in [0.3, 0.4) is 0 Å². The molecule has 0 bridgehead atoms. The van der Waals surface area contributed by atoms with E-state index in [1.54, 1.807) is 0 Å². The second kappa shape index (κ2) is 6.33. The molecule has 1 saturated carbocycles. The maximum Gasteiger partial charge on any atom is 0.340 e. The van der Waals surface area contributed by atoms with Gasteiger partial charge < -0.3 is 9.47 Å². The molecule has 0 saturated heterocycles. The van der Waals surface area contributed by atoms with E-state index >= 15 is 0 Å². The zero-order valence-corrected chi connectivity index (χ0v) is 17.1. The predicted octanol–water partition coefficient (Wildman–Crippen LogP) is 5.29. The lowest BCUT2D eigenvalue weighted by Crippen LogP contribution is -2.65. The Morgan fingerprint density at radius 2 is 1.86 bits per heavy atom. The molecule has 0 radical (unpaired) electrons. The highest BCUT2D eigenvalue weighted by Crippen LogP contribution is 2.71. The number of hydrogen-bond acceptors (Lipinski definition) is 4. The first kappa shape index (κ1) is 18.2. The Hall–Kier alpha value is -1.84. The number of fused-ring (bicyclic) bond motifs is 4. The predicted molar refractivity (Wildman–Crippen MR) is 105 cm³/mol. The monoisotopic (exact) mass is 382 g/mol. The van der Waals surface area contributed by atoms with Crippen molar-refractivity contribution in [1.82, 2.24) is 0 Å². The summed E-state index contributed by atoms with van der Waals surface area (Å²) in [5.74, 6) is 0.442. The molecule has 1 spiro atoms. The van der Waals surface area contributed by atoms with Crippen LogP contribution in [0.1, 0.15) is 84.5 Å². The Morgan fingerprint density at radius 1 is 1.04 bits per heavy atom. The molecule has 4 nitrogen and oxygen atoms in total. The summed E-state index contributed by atoms with van der Waals surface area (Å²) >= 11 is 0. The van der Waals surface area contributed by atoms with E-state index in [9.17, 15) is 9.59 Å². The number of rotatable bonds is 4. The van der Waals surface area contributed by atoms with Gasteiger partial charge in [-0.1, -0.05) is 26.7 Å². The van der Waals surface area contributed by atoms with Gasteiger partial charge in [0, 0.05) is 17.1 Å². The van der Waals surface area contributed by atoms with Crippen molar-refractivity contribution < 1.29 is 19.1 Å². The number of carbonyl (C=O) groups excluding carboxylic acids is 2. The van der Waals surface area contributed by atoms with Crippen molar-refractivity contribution in [3.8, 4) is 0 Å². The van der Waals surface area contributed by atoms with E-state index in [0.717, 1.165) is 93.1 Å². The molecule has 0 aromatic rings. The van der Waals surface area contributed by atoms with Gasteiger partial charge in [0.25, 0.3) is 0 Å². The molecule has 2 heterocycles. The average molecular weight is 383 g/mol. The maximum atomic E-state index is 13.0. The maximum absolute atomic E-state index is 13.0. The molecule has 3 atom stereocenters. The van der Waals surface area contributed by atoms with E-state index in [0.29, 0.717) is 0 Å². The third kappa shape index (κ3) is 2.23. The van der Waals surface area contributed by atoms with Crippen LogP contribution in [0.5, 0.6) is 0 Å². The van der Waals surface area contributed by atoms with Crippen LogP contribution in [0, 0.1) is 11.3 Å². The number of allylic oxidation sites excluding steroid dienone is 2. The first-order valence-electron chi connectivity index (χ1n) is 11.2. The van der Waals surface area contributed by atoms with Crippen molar-refractivity contribution in [2.75, 3.05) is 0 Å². The molecule has 0 aromatic heterocycles. The lowest BCUT2D eigenvalue weighted by molar-refractivity contribution is -0.196. The van der Waals surface area contributed by atoms with Gasteiger partial charge in [-0.05, 0) is 74.9 Å². The fourth-order valence-electron chi connectivity index (χ4n) is 6.82. The van der Waals surface area contributed by atoms with Crippen LogP contribution in [-0.4, -0.2) is 17.5 Å². The Labute approximate surface area is 167 Å². The van der Waals surface area contributed by atoms with Gasteiger partial charge >= 0.3 is 11.9 Å². The van der Waals surface area contributed by atoms with Crippen molar-refractivity contribution in [2.45, 2.75) is 90.1 Å². The first-order chi connectivity index (χ1) is 13.6. The summed E-state index contributed by atoms with van der Waals surface area (Å²) in [6, 6.07) is 0. The largest absolute Gasteiger partial charge is 0.450 e. The van der Waals surface area contributed by atoms with Crippen LogP contribution in [0.4, 0.5) is 0 Å². The first-order valence-corrected chi connectivity index (χ1v) is 11.2. The Balaban J connectivity index is 1.63. The summed E-state index contributed by atoms with van der Waals surface area (Å²) < 4.78 is 11.9. The van der Waals surface area contributed by atoms with Crippen LogP contribution in [0.25, 0.3) is 0 Å². The summed E-state index contributed by atoms with van der Waals surface area (Å²) in [7, 11) is 0. The molecule has 5 rings (SSSR count). The van der Waals surface area contributed by atoms with Gasteiger partial charge in [0.15, 0.2) is 0 Å². The van der Waals surface area contributed by atoms with E-state index in [1.807, 2.05) is 0 Å². The van der Waals surface area contributed by atoms with Gasteiger partial charge in [-0.15, -0.1) is 0 Å². The summed E-state index contributed by atoms with van der Waals surface area (Å²) in [6.45, 7) is 4.35. The van der Waals surface area contributed by atoms with Crippen molar-refractivity contribution >= 4 is 11.9 Å². The molecule has 150 valence electrons. The van der Waals surface area contributed by atoms with E-state index in [2.05, 4.69) is 19.9 Å². The highest BCUT2D eigenvalue weighted by Gasteiger charge is 2.72. The number of ether oxygens (including phenoxy) is 2. The van der Waals surface area contributed by atoms with Crippen molar-refractivity contribution in [2.24, 2.45) is 11.3 Å². The Kier molecular flexibility index (Phi) is 4.12. The molecule has 5 aliphatic rings. The van der Waals surface area contributed by atoms with Gasteiger partial charge in [-0.3, -0.25) is 0 Å². The normalized spacial score (nSPS) is 37.6. The number of unbranched alkanes of at least 4 members (excludes halogenated alkanes) is 1. The lowest BCUT2D eigenvalue weighted by Gasteiger charge is -2.63. The van der Waals surface area contributed by atoms with Crippen LogP contribution in [-0.2, 0) is 19.1 Å². The minimum atomic E-state index is -0.567. The third-order valence-electron chi connectivity index (χ3n) is 7.77. The SMILES string of the molecule is CCC/C=C1\OC(=O)C2=C1CCC1(CCC)C[C@]3(OC(=O)C4=C3CCCC4)[C@H]21. The quantitative estimate of drug-likeness (QED) is 0.620. The molecule has 0 N–H and O–H groups in total. The van der Waals surface area contributed by atoms with E-state index < -0.39 is 5.60 Å². The van der Waals surface area contributed by atoms with E-state index in [4.69, 9.17) is 9.47 Å². The number of cyclic esters (lactones) is 1. The molecule has 1 fully saturated rings. The molecule has 0 amide bonds. The van der Waals surface area contributed by atoms with Crippen molar-refractivity contribution in [3.05, 3.63) is 34.1 Å². The second-order valence-corrected chi connectivity index (χ2v) is 9.30. The number of hydrogen-bond donors (Lipinski definition) is 0. The van der Waals surface area contributed by atoms with E-state index in [-0.39, 0.29) is 23.3 Å². The Morgan fingerprint density at radius 3 is 2.64 bits per heavy atom. The van der Waals surface area contributed by atoms with Crippen molar-refractivity contribution in [3.63, 3.8) is 0 Å². The molecule has 1 unspecified atom stereocenters.